The van der Waals surface area contributed by atoms with Gasteiger partial charge in [-0.2, -0.15) is 5.26 Å². The fourth-order valence-corrected chi connectivity index (χ4v) is 3.08. The van der Waals surface area contributed by atoms with Crippen molar-refractivity contribution in [1.82, 2.24) is 0 Å². The summed E-state index contributed by atoms with van der Waals surface area (Å²) < 4.78 is 10.3. The number of morpholine rings is 1. The molecule has 1 amide bonds. The number of esters is 1. The fourth-order valence-electron chi connectivity index (χ4n) is 3.08. The molecule has 0 spiro atoms. The van der Waals surface area contributed by atoms with Crippen LogP contribution < -0.4 is 15.5 Å². The van der Waals surface area contributed by atoms with Gasteiger partial charge >= 0.3 is 5.97 Å². The van der Waals surface area contributed by atoms with Crippen LogP contribution in [0, 0.1) is 11.3 Å². The highest BCUT2D eigenvalue weighted by Gasteiger charge is 2.15. The molecule has 160 valence electrons. The number of benzene rings is 2. The van der Waals surface area contributed by atoms with Crippen LogP contribution >= 0.6 is 0 Å². The van der Waals surface area contributed by atoms with Crippen molar-refractivity contribution >= 4 is 28.9 Å². The van der Waals surface area contributed by atoms with E-state index in [2.05, 4.69) is 15.5 Å². The summed E-state index contributed by atoms with van der Waals surface area (Å²) in [5.41, 5.74) is 2.55. The van der Waals surface area contributed by atoms with Gasteiger partial charge in [0.15, 0.2) is 0 Å². The summed E-state index contributed by atoms with van der Waals surface area (Å²) in [4.78, 5) is 26.4. The second kappa shape index (κ2) is 10.8. The zero-order valence-corrected chi connectivity index (χ0v) is 17.3. The van der Waals surface area contributed by atoms with Crippen LogP contribution in [0.5, 0.6) is 0 Å². The van der Waals surface area contributed by atoms with Crippen molar-refractivity contribution in [3.05, 3.63) is 65.9 Å². The second-order valence-corrected chi connectivity index (χ2v) is 6.68. The van der Waals surface area contributed by atoms with E-state index in [-0.39, 0.29) is 12.2 Å². The fraction of sp³-hybridized carbons (Fsp3) is 0.261. The van der Waals surface area contributed by atoms with Crippen molar-refractivity contribution in [3.63, 3.8) is 0 Å². The number of nitrogens with zero attached hydrogens (tertiary/aromatic N) is 2. The smallest absolute Gasteiger partial charge is 0.338 e. The first kappa shape index (κ1) is 21.9. The number of hydrogen-bond donors (Lipinski definition) is 2. The van der Waals surface area contributed by atoms with Crippen LogP contribution in [0.4, 0.5) is 17.1 Å². The van der Waals surface area contributed by atoms with E-state index in [4.69, 9.17) is 9.47 Å². The number of rotatable bonds is 7. The number of carbonyl (C=O) groups is 2. The summed E-state index contributed by atoms with van der Waals surface area (Å²) >= 11 is 0. The molecular weight excluding hydrogens is 396 g/mol. The molecule has 0 radical (unpaired) electrons. The van der Waals surface area contributed by atoms with Crippen molar-refractivity contribution in [1.29, 1.82) is 5.26 Å². The molecule has 3 rings (SSSR count). The lowest BCUT2D eigenvalue weighted by atomic mass is 10.2. The topological polar surface area (TPSA) is 104 Å². The Kier molecular flexibility index (Phi) is 7.62. The predicted molar refractivity (Wildman–Crippen MR) is 118 cm³/mol. The van der Waals surface area contributed by atoms with Crippen LogP contribution in [0.15, 0.2) is 60.3 Å². The lowest BCUT2D eigenvalue weighted by molar-refractivity contribution is -0.112. The number of hydrogen-bond acceptors (Lipinski definition) is 7. The minimum atomic E-state index is -0.553. The van der Waals surface area contributed by atoms with Crippen LogP contribution in [0.1, 0.15) is 17.3 Å². The van der Waals surface area contributed by atoms with Crippen molar-refractivity contribution in [3.8, 4) is 6.07 Å². The van der Waals surface area contributed by atoms with E-state index in [1.54, 1.807) is 31.2 Å². The van der Waals surface area contributed by atoms with E-state index in [9.17, 15) is 14.9 Å². The van der Waals surface area contributed by atoms with Crippen LogP contribution in [0.25, 0.3) is 0 Å². The molecule has 2 aromatic rings. The van der Waals surface area contributed by atoms with Gasteiger partial charge in [0.1, 0.15) is 11.6 Å². The summed E-state index contributed by atoms with van der Waals surface area (Å²) in [6.07, 6.45) is 1.39. The highest BCUT2D eigenvalue weighted by molar-refractivity contribution is 6.07. The van der Waals surface area contributed by atoms with Gasteiger partial charge in [0.2, 0.25) is 0 Å². The largest absolute Gasteiger partial charge is 0.462 e. The van der Waals surface area contributed by atoms with Crippen molar-refractivity contribution in [2.45, 2.75) is 6.92 Å². The maximum atomic E-state index is 12.5. The maximum Gasteiger partial charge on any atom is 0.338 e. The number of carbonyl (C=O) groups excluding carboxylic acids is 2. The molecule has 2 N–H and O–H groups in total. The molecule has 2 aromatic carbocycles. The molecule has 0 unspecified atom stereocenters. The van der Waals surface area contributed by atoms with Crippen LogP contribution in [-0.2, 0) is 14.3 Å². The van der Waals surface area contributed by atoms with Gasteiger partial charge in [0, 0.05) is 25.0 Å². The van der Waals surface area contributed by atoms with Crippen molar-refractivity contribution in [2.75, 3.05) is 48.4 Å². The van der Waals surface area contributed by atoms with Crippen LogP contribution in [0.3, 0.4) is 0 Å². The summed E-state index contributed by atoms with van der Waals surface area (Å²) in [6, 6.07) is 15.9. The Morgan fingerprint density at radius 1 is 1.16 bits per heavy atom. The Morgan fingerprint density at radius 2 is 1.87 bits per heavy atom. The lowest BCUT2D eigenvalue weighted by Gasteiger charge is -2.30. The molecule has 1 fully saturated rings. The SMILES string of the molecule is CCOC(=O)c1ccc(NC(=O)/C(C#N)=C\Nc2ccccc2N2CCOCC2)cc1. The van der Waals surface area contributed by atoms with Gasteiger partial charge in [0.25, 0.3) is 5.91 Å². The average molecular weight is 420 g/mol. The molecule has 0 aliphatic carbocycles. The third kappa shape index (κ3) is 5.84. The number of ether oxygens (including phenoxy) is 2. The number of nitriles is 1. The van der Waals surface area contributed by atoms with Gasteiger partial charge in [-0.3, -0.25) is 4.79 Å². The summed E-state index contributed by atoms with van der Waals surface area (Å²) in [5.74, 6) is -0.983. The molecule has 1 heterocycles. The quantitative estimate of drug-likeness (QED) is 0.403. The van der Waals surface area contributed by atoms with Gasteiger partial charge in [-0.05, 0) is 43.3 Å². The molecule has 0 saturated carbocycles. The minimum absolute atomic E-state index is 0.0775. The van der Waals surface area contributed by atoms with Crippen LogP contribution in [-0.4, -0.2) is 44.8 Å². The maximum absolute atomic E-state index is 12.5. The Hall–Kier alpha value is -3.83. The molecule has 31 heavy (non-hydrogen) atoms. The Labute approximate surface area is 181 Å². The van der Waals surface area contributed by atoms with Gasteiger partial charge in [-0.25, -0.2) is 4.79 Å². The molecule has 8 nitrogen and oxygen atoms in total. The normalized spacial score (nSPS) is 13.8. The molecule has 1 aliphatic heterocycles. The highest BCUT2D eigenvalue weighted by Crippen LogP contribution is 2.26. The Morgan fingerprint density at radius 3 is 2.55 bits per heavy atom. The zero-order valence-electron chi connectivity index (χ0n) is 17.3. The molecular formula is C23H24N4O4. The monoisotopic (exact) mass is 420 g/mol. The highest BCUT2D eigenvalue weighted by atomic mass is 16.5. The predicted octanol–water partition coefficient (Wildman–Crippen LogP) is 3.16. The van der Waals surface area contributed by atoms with Gasteiger partial charge in [0.05, 0.1) is 36.8 Å². The van der Waals surface area contributed by atoms with E-state index in [0.29, 0.717) is 24.5 Å². The standard InChI is InChI=1S/C23H24N4O4/c1-2-31-23(29)17-7-9-19(10-8-17)26-22(28)18(15-24)16-25-20-5-3-4-6-21(20)27-11-13-30-14-12-27/h3-10,16,25H,2,11-14H2,1H3,(H,26,28)/b18-16-. The Bertz CT molecular complexity index is 989. The first-order chi connectivity index (χ1) is 15.1. The molecule has 0 bridgehead atoms. The van der Waals surface area contributed by atoms with Crippen molar-refractivity contribution < 1.29 is 19.1 Å². The number of nitrogens with one attached hydrogen (secondary N) is 2. The van der Waals surface area contributed by atoms with Gasteiger partial charge < -0.3 is 25.0 Å². The average Bonchev–Trinajstić information content (AvgIpc) is 2.81. The van der Waals surface area contributed by atoms with E-state index >= 15 is 0 Å². The molecule has 1 aliphatic rings. The molecule has 8 heteroatoms. The molecule has 1 saturated heterocycles. The van der Waals surface area contributed by atoms with Crippen molar-refractivity contribution in [2.24, 2.45) is 0 Å². The van der Waals surface area contributed by atoms with E-state index in [0.717, 1.165) is 24.5 Å². The number of anilines is 3. The third-order valence-electron chi connectivity index (χ3n) is 4.65. The Balaban J connectivity index is 1.67. The second-order valence-electron chi connectivity index (χ2n) is 6.68. The van der Waals surface area contributed by atoms with Gasteiger partial charge in [-0.15, -0.1) is 0 Å². The van der Waals surface area contributed by atoms with Crippen LogP contribution in [0.2, 0.25) is 0 Å². The third-order valence-corrected chi connectivity index (χ3v) is 4.65. The number of amides is 1. The van der Waals surface area contributed by atoms with E-state index < -0.39 is 11.9 Å². The summed E-state index contributed by atoms with van der Waals surface area (Å²) in [6.45, 7) is 4.88. The van der Waals surface area contributed by atoms with Gasteiger partial charge in [-0.1, -0.05) is 12.1 Å². The van der Waals surface area contributed by atoms with E-state index in [1.165, 1.54) is 6.20 Å². The molecule has 0 atom stereocenters. The first-order valence-electron chi connectivity index (χ1n) is 9.99. The van der Waals surface area contributed by atoms with E-state index in [1.807, 2.05) is 30.3 Å². The number of para-hydroxylation sites is 2. The minimum Gasteiger partial charge on any atom is -0.462 e. The summed E-state index contributed by atoms with van der Waals surface area (Å²) in [5, 5.41) is 15.2. The zero-order chi connectivity index (χ0) is 22.1. The molecule has 0 aromatic heterocycles. The summed E-state index contributed by atoms with van der Waals surface area (Å²) in [7, 11) is 0. The first-order valence-corrected chi connectivity index (χ1v) is 9.99. The lowest BCUT2D eigenvalue weighted by Crippen LogP contribution is -2.36.